The Kier molecular flexibility index (Phi) is 2.51. The predicted molar refractivity (Wildman–Crippen MR) is 59.3 cm³/mol. The molecule has 80 valence electrons. The Hall–Kier alpha value is -1.31. The van der Waals surface area contributed by atoms with E-state index in [9.17, 15) is 9.90 Å². The zero-order valence-corrected chi connectivity index (χ0v) is 9.21. The zero-order valence-electron chi connectivity index (χ0n) is 9.21. The first-order valence-corrected chi connectivity index (χ1v) is 5.44. The maximum Gasteiger partial charge on any atom is 0.166 e. The molecule has 1 aliphatic rings. The number of hydrogen-bond acceptors (Lipinski definition) is 2. The molecule has 1 aliphatic carbocycles. The largest absolute Gasteiger partial charge is 0.508 e. The predicted octanol–water partition coefficient (Wildman–Crippen LogP) is 2.99. The molecule has 1 saturated carbocycles. The van der Waals surface area contributed by atoms with E-state index >= 15 is 0 Å². The standard InChI is InChI=1S/C13H16O2/c1-8-6-11(14)7-9(2)12(8)13(15)10-4-3-5-10/h6-7,10,14H,3-5H2,1-2H3. The van der Waals surface area contributed by atoms with E-state index in [1.807, 2.05) is 13.8 Å². The molecule has 0 bridgehead atoms. The molecule has 0 aromatic heterocycles. The number of carbonyl (C=O) groups is 1. The molecule has 15 heavy (non-hydrogen) atoms. The van der Waals surface area contributed by atoms with Crippen molar-refractivity contribution in [1.82, 2.24) is 0 Å². The molecule has 2 rings (SSSR count). The summed E-state index contributed by atoms with van der Waals surface area (Å²) in [5.41, 5.74) is 2.60. The van der Waals surface area contributed by atoms with Crippen molar-refractivity contribution < 1.29 is 9.90 Å². The van der Waals surface area contributed by atoms with Crippen molar-refractivity contribution in [2.75, 3.05) is 0 Å². The van der Waals surface area contributed by atoms with Gasteiger partial charge < -0.3 is 5.11 Å². The van der Waals surface area contributed by atoms with Crippen LogP contribution in [0.15, 0.2) is 12.1 Å². The minimum Gasteiger partial charge on any atom is -0.508 e. The van der Waals surface area contributed by atoms with E-state index in [-0.39, 0.29) is 17.5 Å². The first-order chi connectivity index (χ1) is 7.09. The number of rotatable bonds is 2. The maximum absolute atomic E-state index is 12.1. The molecule has 0 heterocycles. The van der Waals surface area contributed by atoms with Gasteiger partial charge in [-0.05, 0) is 49.9 Å². The molecular weight excluding hydrogens is 188 g/mol. The topological polar surface area (TPSA) is 37.3 Å². The molecular formula is C13H16O2. The molecule has 1 aromatic carbocycles. The van der Waals surface area contributed by atoms with Crippen molar-refractivity contribution in [3.63, 3.8) is 0 Å². The normalized spacial score (nSPS) is 16.1. The van der Waals surface area contributed by atoms with Gasteiger partial charge in [0.2, 0.25) is 0 Å². The summed E-state index contributed by atoms with van der Waals surface area (Å²) in [6.45, 7) is 3.78. The number of hydrogen-bond donors (Lipinski definition) is 1. The highest BCUT2D eigenvalue weighted by molar-refractivity contribution is 6.01. The Morgan fingerprint density at radius 3 is 2.20 bits per heavy atom. The second-order valence-corrected chi connectivity index (χ2v) is 4.45. The van der Waals surface area contributed by atoms with Gasteiger partial charge in [-0.3, -0.25) is 4.79 Å². The lowest BCUT2D eigenvalue weighted by Crippen LogP contribution is -2.23. The highest BCUT2D eigenvalue weighted by Crippen LogP contribution is 2.32. The Labute approximate surface area is 89.9 Å². The van der Waals surface area contributed by atoms with Gasteiger partial charge >= 0.3 is 0 Å². The average Bonchev–Trinajstić information content (AvgIpc) is 1.97. The molecule has 0 amide bonds. The Balaban J connectivity index is 2.38. The van der Waals surface area contributed by atoms with Crippen molar-refractivity contribution >= 4 is 5.78 Å². The molecule has 1 N–H and O–H groups in total. The number of phenols is 1. The summed E-state index contributed by atoms with van der Waals surface area (Å²) in [7, 11) is 0. The molecule has 1 fully saturated rings. The van der Waals surface area contributed by atoms with Crippen molar-refractivity contribution in [3.05, 3.63) is 28.8 Å². The van der Waals surface area contributed by atoms with Gasteiger partial charge in [-0.15, -0.1) is 0 Å². The van der Waals surface area contributed by atoms with Crippen molar-refractivity contribution in [2.45, 2.75) is 33.1 Å². The molecule has 0 aliphatic heterocycles. The number of aryl methyl sites for hydroxylation is 2. The highest BCUT2D eigenvalue weighted by Gasteiger charge is 2.28. The number of Topliss-reactive ketones (excluding diaryl/α,β-unsaturated/α-hetero) is 1. The van der Waals surface area contributed by atoms with E-state index in [2.05, 4.69) is 0 Å². The summed E-state index contributed by atoms with van der Waals surface area (Å²) in [6, 6.07) is 3.33. The van der Waals surface area contributed by atoms with Gasteiger partial charge in [0, 0.05) is 11.5 Å². The van der Waals surface area contributed by atoms with E-state index in [1.165, 1.54) is 6.42 Å². The van der Waals surface area contributed by atoms with Gasteiger partial charge in [0.25, 0.3) is 0 Å². The number of aromatic hydroxyl groups is 1. The smallest absolute Gasteiger partial charge is 0.166 e. The summed E-state index contributed by atoms with van der Waals surface area (Å²) in [4.78, 5) is 12.1. The summed E-state index contributed by atoms with van der Waals surface area (Å²) in [5, 5.41) is 9.40. The van der Waals surface area contributed by atoms with Crippen LogP contribution >= 0.6 is 0 Å². The number of carbonyl (C=O) groups excluding carboxylic acids is 1. The fourth-order valence-corrected chi connectivity index (χ4v) is 2.20. The van der Waals surface area contributed by atoms with E-state index in [0.717, 1.165) is 29.5 Å². The monoisotopic (exact) mass is 204 g/mol. The Morgan fingerprint density at radius 1 is 1.27 bits per heavy atom. The Bertz CT molecular complexity index is 380. The van der Waals surface area contributed by atoms with Crippen molar-refractivity contribution in [1.29, 1.82) is 0 Å². The second kappa shape index (κ2) is 3.69. The molecule has 2 nitrogen and oxygen atoms in total. The van der Waals surface area contributed by atoms with Gasteiger partial charge in [0.1, 0.15) is 5.75 Å². The number of phenolic OH excluding ortho intramolecular Hbond substituents is 1. The average molecular weight is 204 g/mol. The van der Waals surface area contributed by atoms with E-state index in [0.29, 0.717) is 0 Å². The van der Waals surface area contributed by atoms with E-state index in [1.54, 1.807) is 12.1 Å². The molecule has 0 unspecified atom stereocenters. The van der Waals surface area contributed by atoms with Crippen LogP contribution in [-0.4, -0.2) is 10.9 Å². The summed E-state index contributed by atoms with van der Waals surface area (Å²) in [5.74, 6) is 0.735. The third-order valence-corrected chi connectivity index (χ3v) is 3.24. The molecule has 1 aromatic rings. The van der Waals surface area contributed by atoms with E-state index < -0.39 is 0 Å². The second-order valence-electron chi connectivity index (χ2n) is 4.45. The lowest BCUT2D eigenvalue weighted by Gasteiger charge is -2.25. The molecule has 2 heteroatoms. The van der Waals surface area contributed by atoms with Crippen LogP contribution in [0.5, 0.6) is 5.75 Å². The molecule has 0 spiro atoms. The first-order valence-electron chi connectivity index (χ1n) is 5.44. The van der Waals surface area contributed by atoms with Crippen LogP contribution in [0.25, 0.3) is 0 Å². The maximum atomic E-state index is 12.1. The minimum absolute atomic E-state index is 0.229. The van der Waals surface area contributed by atoms with Crippen LogP contribution in [0.3, 0.4) is 0 Å². The lowest BCUT2D eigenvalue weighted by molar-refractivity contribution is 0.0854. The Morgan fingerprint density at radius 2 is 1.80 bits per heavy atom. The molecule has 0 radical (unpaired) electrons. The first kappa shape index (κ1) is 10.2. The van der Waals surface area contributed by atoms with Crippen LogP contribution in [0.4, 0.5) is 0 Å². The van der Waals surface area contributed by atoms with Crippen LogP contribution in [0.2, 0.25) is 0 Å². The highest BCUT2D eigenvalue weighted by atomic mass is 16.3. The quantitative estimate of drug-likeness (QED) is 0.752. The fraction of sp³-hybridized carbons (Fsp3) is 0.462. The van der Waals surface area contributed by atoms with Crippen LogP contribution < -0.4 is 0 Å². The van der Waals surface area contributed by atoms with Crippen molar-refractivity contribution in [3.8, 4) is 5.75 Å². The van der Waals surface area contributed by atoms with Gasteiger partial charge in [-0.2, -0.15) is 0 Å². The van der Waals surface area contributed by atoms with Crippen LogP contribution in [0, 0.1) is 19.8 Å². The summed E-state index contributed by atoms with van der Waals surface area (Å²) < 4.78 is 0. The van der Waals surface area contributed by atoms with Gasteiger partial charge in [-0.25, -0.2) is 0 Å². The van der Waals surface area contributed by atoms with Crippen molar-refractivity contribution in [2.24, 2.45) is 5.92 Å². The zero-order chi connectivity index (χ0) is 11.0. The summed E-state index contributed by atoms with van der Waals surface area (Å²) >= 11 is 0. The van der Waals surface area contributed by atoms with Gasteiger partial charge in [0.15, 0.2) is 5.78 Å². The van der Waals surface area contributed by atoms with Crippen LogP contribution in [-0.2, 0) is 0 Å². The van der Waals surface area contributed by atoms with E-state index in [4.69, 9.17) is 0 Å². The van der Waals surface area contributed by atoms with Gasteiger partial charge in [-0.1, -0.05) is 6.42 Å². The lowest BCUT2D eigenvalue weighted by atomic mass is 9.78. The fourth-order valence-electron chi connectivity index (χ4n) is 2.20. The third kappa shape index (κ3) is 1.76. The summed E-state index contributed by atoms with van der Waals surface area (Å²) in [6.07, 6.45) is 3.23. The third-order valence-electron chi connectivity index (χ3n) is 3.24. The SMILES string of the molecule is Cc1cc(O)cc(C)c1C(=O)C1CCC1. The van der Waals surface area contributed by atoms with Crippen LogP contribution in [0.1, 0.15) is 40.7 Å². The molecule has 0 atom stereocenters. The number of ketones is 1. The molecule has 0 saturated heterocycles. The number of benzene rings is 1. The van der Waals surface area contributed by atoms with Gasteiger partial charge in [0.05, 0.1) is 0 Å². The minimum atomic E-state index is 0.229.